The summed E-state index contributed by atoms with van der Waals surface area (Å²) in [7, 11) is -4.10. The molecule has 2 aromatic carbocycles. The largest absolute Gasteiger partial charge is 0.507 e. The minimum absolute atomic E-state index is 0.0875. The summed E-state index contributed by atoms with van der Waals surface area (Å²) >= 11 is 3.17. The number of sulfone groups is 1. The van der Waals surface area contributed by atoms with Gasteiger partial charge < -0.3 is 20.3 Å². The molecule has 166 valence electrons. The van der Waals surface area contributed by atoms with E-state index >= 15 is 4.39 Å². The fraction of sp³-hybridized carbons (Fsp3) is 0.381. The van der Waals surface area contributed by atoms with E-state index in [9.17, 15) is 23.4 Å². The maximum absolute atomic E-state index is 15.2. The summed E-state index contributed by atoms with van der Waals surface area (Å²) in [5.41, 5.74) is -0.426. The standard InChI is InChI=1S/C21H21BrFNO6S/c22-13-3-4-16(25)17(8-13)31(28,29)10-12-7-15(11-1-2-11)19(23)18(20(12)26)21(27)24-14-5-6-30-9-14/h3-4,7-8,11,14,25-26H,1-2,5-6,9-10H2,(H,24,27). The molecular formula is C21H21BrFNO6S. The lowest BCUT2D eigenvalue weighted by Crippen LogP contribution is -2.35. The molecule has 1 unspecified atom stereocenters. The zero-order valence-corrected chi connectivity index (χ0v) is 18.8. The number of ether oxygens (including phenoxy) is 1. The maximum Gasteiger partial charge on any atom is 0.258 e. The third kappa shape index (κ3) is 4.56. The van der Waals surface area contributed by atoms with E-state index in [4.69, 9.17) is 4.74 Å². The van der Waals surface area contributed by atoms with Gasteiger partial charge in [0.2, 0.25) is 0 Å². The van der Waals surface area contributed by atoms with E-state index in [-0.39, 0.29) is 28.0 Å². The molecular weight excluding hydrogens is 493 g/mol. The molecule has 0 radical (unpaired) electrons. The van der Waals surface area contributed by atoms with Crippen LogP contribution in [0, 0.1) is 5.82 Å². The Morgan fingerprint density at radius 1 is 1.23 bits per heavy atom. The van der Waals surface area contributed by atoms with Crippen LogP contribution in [0.2, 0.25) is 0 Å². The van der Waals surface area contributed by atoms with E-state index < -0.39 is 44.4 Å². The van der Waals surface area contributed by atoms with Crippen molar-refractivity contribution in [1.29, 1.82) is 0 Å². The van der Waals surface area contributed by atoms with Crippen LogP contribution in [0.25, 0.3) is 0 Å². The Kier molecular flexibility index (Phi) is 5.97. The van der Waals surface area contributed by atoms with Gasteiger partial charge in [0.15, 0.2) is 9.84 Å². The summed E-state index contributed by atoms with van der Waals surface area (Å²) in [4.78, 5) is 12.4. The van der Waals surface area contributed by atoms with Crippen LogP contribution in [0.5, 0.6) is 11.5 Å². The lowest BCUT2D eigenvalue weighted by atomic mass is 9.99. The average Bonchev–Trinajstić information content (AvgIpc) is 3.42. The zero-order valence-electron chi connectivity index (χ0n) is 16.4. The van der Waals surface area contributed by atoms with Gasteiger partial charge in [-0.05, 0) is 55.0 Å². The SMILES string of the molecule is O=C(NC1CCOC1)c1c(O)c(CS(=O)(=O)c2cc(Br)ccc2O)cc(C2CC2)c1F. The van der Waals surface area contributed by atoms with Gasteiger partial charge in [0.25, 0.3) is 5.91 Å². The Morgan fingerprint density at radius 2 is 1.97 bits per heavy atom. The fourth-order valence-corrected chi connectivity index (χ4v) is 5.65. The molecule has 1 amide bonds. The Labute approximate surface area is 187 Å². The van der Waals surface area contributed by atoms with Gasteiger partial charge >= 0.3 is 0 Å². The number of halogens is 2. The topological polar surface area (TPSA) is 113 Å². The molecule has 1 aliphatic heterocycles. The minimum Gasteiger partial charge on any atom is -0.507 e. The number of carbonyl (C=O) groups is 1. The van der Waals surface area contributed by atoms with E-state index in [1.807, 2.05) is 0 Å². The predicted molar refractivity (Wildman–Crippen MR) is 113 cm³/mol. The zero-order chi connectivity index (χ0) is 22.3. The highest BCUT2D eigenvalue weighted by Gasteiger charge is 2.34. The molecule has 7 nitrogen and oxygen atoms in total. The first-order chi connectivity index (χ1) is 14.7. The van der Waals surface area contributed by atoms with Gasteiger partial charge in [-0.15, -0.1) is 0 Å². The number of hydrogen-bond donors (Lipinski definition) is 3. The third-order valence-corrected chi connectivity index (χ3v) is 7.64. The summed E-state index contributed by atoms with van der Waals surface area (Å²) in [5.74, 6) is -3.61. The van der Waals surface area contributed by atoms with Crippen molar-refractivity contribution in [2.75, 3.05) is 13.2 Å². The van der Waals surface area contributed by atoms with Gasteiger partial charge in [0.05, 0.1) is 18.4 Å². The molecule has 31 heavy (non-hydrogen) atoms. The molecule has 2 aromatic rings. The van der Waals surface area contributed by atoms with Crippen LogP contribution >= 0.6 is 15.9 Å². The normalized spacial score (nSPS) is 18.8. The van der Waals surface area contributed by atoms with Crippen molar-refractivity contribution in [2.45, 2.75) is 41.9 Å². The van der Waals surface area contributed by atoms with Gasteiger partial charge in [-0.25, -0.2) is 12.8 Å². The lowest BCUT2D eigenvalue weighted by Gasteiger charge is -2.17. The second kappa shape index (κ2) is 8.40. The van der Waals surface area contributed by atoms with Crippen molar-refractivity contribution >= 4 is 31.7 Å². The number of benzene rings is 2. The Bertz CT molecular complexity index is 1140. The Hall–Kier alpha value is -2.17. The van der Waals surface area contributed by atoms with E-state index in [0.717, 1.165) is 12.8 Å². The van der Waals surface area contributed by atoms with E-state index in [1.54, 1.807) is 0 Å². The number of nitrogens with one attached hydrogen (secondary N) is 1. The molecule has 1 saturated carbocycles. The van der Waals surface area contributed by atoms with Crippen molar-refractivity contribution in [3.63, 3.8) is 0 Å². The van der Waals surface area contributed by atoms with Crippen LogP contribution < -0.4 is 5.32 Å². The van der Waals surface area contributed by atoms with Gasteiger partial charge in [-0.1, -0.05) is 15.9 Å². The van der Waals surface area contributed by atoms with Gasteiger partial charge in [-0.2, -0.15) is 0 Å². The molecule has 4 rings (SSSR count). The van der Waals surface area contributed by atoms with Crippen LogP contribution in [0.15, 0.2) is 33.6 Å². The number of aromatic hydroxyl groups is 2. The third-order valence-electron chi connectivity index (χ3n) is 5.46. The number of phenols is 2. The molecule has 10 heteroatoms. The van der Waals surface area contributed by atoms with Crippen molar-refractivity contribution in [2.24, 2.45) is 0 Å². The predicted octanol–water partition coefficient (Wildman–Crippen LogP) is 3.37. The van der Waals surface area contributed by atoms with E-state index in [1.165, 1.54) is 24.3 Å². The van der Waals surface area contributed by atoms with Crippen LogP contribution in [0.4, 0.5) is 4.39 Å². The number of phenolic OH excluding ortho intramolecular Hbond substituents is 2. The smallest absolute Gasteiger partial charge is 0.258 e. The second-order valence-corrected chi connectivity index (χ2v) is 10.7. The molecule has 2 aliphatic rings. The highest BCUT2D eigenvalue weighted by Crippen LogP contribution is 2.45. The van der Waals surface area contributed by atoms with Crippen molar-refractivity contribution in [1.82, 2.24) is 5.32 Å². The monoisotopic (exact) mass is 513 g/mol. The van der Waals surface area contributed by atoms with Gasteiger partial charge in [0, 0.05) is 16.6 Å². The summed E-state index contributed by atoms with van der Waals surface area (Å²) < 4.78 is 46.7. The van der Waals surface area contributed by atoms with Gasteiger partial charge in [0.1, 0.15) is 27.8 Å². The number of rotatable bonds is 6. The first kappa shape index (κ1) is 22.0. The minimum atomic E-state index is -4.10. The second-order valence-electron chi connectivity index (χ2n) is 7.84. The molecule has 1 saturated heterocycles. The molecule has 0 aromatic heterocycles. The molecule has 1 aliphatic carbocycles. The maximum atomic E-state index is 15.2. The summed E-state index contributed by atoms with van der Waals surface area (Å²) in [6, 6.07) is 4.98. The van der Waals surface area contributed by atoms with Gasteiger partial charge in [-0.3, -0.25) is 4.79 Å². The number of amides is 1. The Morgan fingerprint density at radius 3 is 2.61 bits per heavy atom. The Balaban J connectivity index is 1.74. The van der Waals surface area contributed by atoms with Crippen molar-refractivity contribution < 1.29 is 32.6 Å². The van der Waals surface area contributed by atoms with Crippen LogP contribution in [0.1, 0.15) is 46.7 Å². The van der Waals surface area contributed by atoms with Crippen molar-refractivity contribution in [3.8, 4) is 11.5 Å². The summed E-state index contributed by atoms with van der Waals surface area (Å²) in [5, 5.41) is 23.4. The molecule has 0 bridgehead atoms. The highest BCUT2D eigenvalue weighted by atomic mass is 79.9. The molecule has 2 fully saturated rings. The number of carbonyl (C=O) groups excluding carboxylic acids is 1. The van der Waals surface area contributed by atoms with Crippen LogP contribution in [0.3, 0.4) is 0 Å². The molecule has 1 heterocycles. The summed E-state index contributed by atoms with van der Waals surface area (Å²) in [6.45, 7) is 0.765. The van der Waals surface area contributed by atoms with Crippen LogP contribution in [-0.2, 0) is 20.3 Å². The highest BCUT2D eigenvalue weighted by molar-refractivity contribution is 9.10. The average molecular weight is 514 g/mol. The fourth-order valence-electron chi connectivity index (χ4n) is 3.66. The van der Waals surface area contributed by atoms with Crippen LogP contribution in [-0.4, -0.2) is 43.8 Å². The lowest BCUT2D eigenvalue weighted by molar-refractivity contribution is 0.0922. The van der Waals surface area contributed by atoms with Crippen molar-refractivity contribution in [3.05, 3.63) is 51.2 Å². The van der Waals surface area contributed by atoms with E-state index in [2.05, 4.69) is 21.2 Å². The first-order valence-corrected chi connectivity index (χ1v) is 12.3. The molecule has 3 N–H and O–H groups in total. The number of hydrogen-bond acceptors (Lipinski definition) is 6. The quantitative estimate of drug-likeness (QED) is 0.545. The molecule has 1 atom stereocenters. The van der Waals surface area contributed by atoms with E-state index in [0.29, 0.717) is 24.1 Å². The molecule has 0 spiro atoms. The first-order valence-electron chi connectivity index (χ1n) is 9.81. The summed E-state index contributed by atoms with van der Waals surface area (Å²) in [6.07, 6.45) is 2.01.